The van der Waals surface area contributed by atoms with Gasteiger partial charge in [-0.25, -0.2) is 21.1 Å². The van der Waals surface area contributed by atoms with Crippen molar-refractivity contribution in [1.82, 2.24) is 4.31 Å². The standard InChI is InChI=1S/C13H22N2O4S2/c1-9-8-10(2)13(21(18,19)14(4)5)11(3)12(9)15(6)20(7,16)17/h8H,1-7H3. The Hall–Kier alpha value is -1.12. The van der Waals surface area contributed by atoms with Crippen molar-refractivity contribution in [1.29, 1.82) is 0 Å². The molecule has 0 spiro atoms. The van der Waals surface area contributed by atoms with Crippen LogP contribution in [0.25, 0.3) is 0 Å². The number of benzene rings is 1. The van der Waals surface area contributed by atoms with Gasteiger partial charge >= 0.3 is 0 Å². The second-order valence-electron chi connectivity index (χ2n) is 5.33. The van der Waals surface area contributed by atoms with Crippen LogP contribution in [0.3, 0.4) is 0 Å². The van der Waals surface area contributed by atoms with Crippen molar-refractivity contribution in [2.75, 3.05) is 31.7 Å². The van der Waals surface area contributed by atoms with Gasteiger partial charge in [-0.1, -0.05) is 6.07 Å². The van der Waals surface area contributed by atoms with Crippen molar-refractivity contribution >= 4 is 25.7 Å². The van der Waals surface area contributed by atoms with Crippen LogP contribution in [-0.4, -0.2) is 48.5 Å². The zero-order valence-electron chi connectivity index (χ0n) is 13.4. The second-order valence-corrected chi connectivity index (χ2v) is 9.43. The molecule has 0 aromatic heterocycles. The molecule has 0 saturated heterocycles. The molecule has 0 heterocycles. The average Bonchev–Trinajstić information content (AvgIpc) is 2.25. The van der Waals surface area contributed by atoms with Crippen molar-refractivity contribution in [3.05, 3.63) is 22.8 Å². The van der Waals surface area contributed by atoms with Crippen LogP contribution >= 0.6 is 0 Å². The molecule has 0 aliphatic rings. The molecule has 0 amide bonds. The van der Waals surface area contributed by atoms with E-state index in [0.717, 1.165) is 20.4 Å². The number of rotatable bonds is 4. The quantitative estimate of drug-likeness (QED) is 0.831. The van der Waals surface area contributed by atoms with Gasteiger partial charge in [0, 0.05) is 21.1 Å². The molecule has 1 aromatic carbocycles. The zero-order valence-corrected chi connectivity index (χ0v) is 15.1. The smallest absolute Gasteiger partial charge is 0.243 e. The van der Waals surface area contributed by atoms with Crippen LogP contribution in [-0.2, 0) is 20.0 Å². The van der Waals surface area contributed by atoms with Gasteiger partial charge in [-0.3, -0.25) is 4.31 Å². The minimum atomic E-state index is -3.64. The highest BCUT2D eigenvalue weighted by atomic mass is 32.2. The Balaban J connectivity index is 3.82. The van der Waals surface area contributed by atoms with Crippen LogP contribution < -0.4 is 4.31 Å². The van der Waals surface area contributed by atoms with Crippen molar-refractivity contribution in [3.63, 3.8) is 0 Å². The Kier molecular flexibility index (Phi) is 4.77. The molecule has 0 N–H and O–H groups in total. The molecule has 6 nitrogen and oxygen atoms in total. The van der Waals surface area contributed by atoms with Gasteiger partial charge in [-0.2, -0.15) is 0 Å². The van der Waals surface area contributed by atoms with E-state index in [-0.39, 0.29) is 4.90 Å². The van der Waals surface area contributed by atoms with Crippen LogP contribution in [0.4, 0.5) is 5.69 Å². The Morgan fingerprint density at radius 2 is 1.38 bits per heavy atom. The predicted octanol–water partition coefficient (Wildman–Crippen LogP) is 1.26. The lowest BCUT2D eigenvalue weighted by atomic mass is 10.1. The lowest BCUT2D eigenvalue weighted by Crippen LogP contribution is -2.29. The highest BCUT2D eigenvalue weighted by molar-refractivity contribution is 7.92. The molecule has 0 radical (unpaired) electrons. The second kappa shape index (κ2) is 5.58. The molecule has 0 bridgehead atoms. The largest absolute Gasteiger partial charge is 0.273 e. The highest BCUT2D eigenvalue weighted by Gasteiger charge is 2.27. The first-order valence-corrected chi connectivity index (χ1v) is 9.58. The Bertz CT molecular complexity index is 766. The summed E-state index contributed by atoms with van der Waals surface area (Å²) >= 11 is 0. The van der Waals surface area contributed by atoms with Gasteiger partial charge in [-0.05, 0) is 37.5 Å². The van der Waals surface area contributed by atoms with E-state index < -0.39 is 20.0 Å². The van der Waals surface area contributed by atoms with E-state index in [0.29, 0.717) is 16.8 Å². The highest BCUT2D eigenvalue weighted by Crippen LogP contribution is 2.34. The van der Waals surface area contributed by atoms with Crippen molar-refractivity contribution in [3.8, 4) is 0 Å². The van der Waals surface area contributed by atoms with E-state index in [1.807, 2.05) is 0 Å². The number of sulfonamides is 2. The summed E-state index contributed by atoms with van der Waals surface area (Å²) in [5, 5.41) is 0. The minimum absolute atomic E-state index is 0.156. The fraction of sp³-hybridized carbons (Fsp3) is 0.538. The third-order valence-electron chi connectivity index (χ3n) is 3.41. The fourth-order valence-corrected chi connectivity index (χ4v) is 4.31. The van der Waals surface area contributed by atoms with Crippen molar-refractivity contribution < 1.29 is 16.8 Å². The molecule has 0 aliphatic carbocycles. The maximum atomic E-state index is 12.5. The average molecular weight is 334 g/mol. The van der Waals surface area contributed by atoms with Gasteiger partial charge < -0.3 is 0 Å². The number of aryl methyl sites for hydroxylation is 2. The molecular weight excluding hydrogens is 312 g/mol. The molecule has 8 heteroatoms. The first-order chi connectivity index (χ1) is 9.31. The number of anilines is 1. The molecule has 1 rings (SSSR count). The summed E-state index contributed by atoms with van der Waals surface area (Å²) < 4.78 is 50.7. The van der Waals surface area contributed by atoms with Gasteiger partial charge in [0.05, 0.1) is 16.8 Å². The van der Waals surface area contributed by atoms with Gasteiger partial charge in [-0.15, -0.1) is 0 Å². The molecular formula is C13H22N2O4S2. The van der Waals surface area contributed by atoms with Gasteiger partial charge in [0.25, 0.3) is 0 Å². The lowest BCUT2D eigenvalue weighted by molar-refractivity contribution is 0.519. The van der Waals surface area contributed by atoms with Crippen LogP contribution in [0.1, 0.15) is 16.7 Å². The van der Waals surface area contributed by atoms with Crippen LogP contribution in [0.5, 0.6) is 0 Å². The summed E-state index contributed by atoms with van der Waals surface area (Å²) in [6.07, 6.45) is 1.09. The Morgan fingerprint density at radius 3 is 1.76 bits per heavy atom. The molecule has 120 valence electrons. The number of hydrogen-bond donors (Lipinski definition) is 0. The summed E-state index contributed by atoms with van der Waals surface area (Å²) in [5.74, 6) is 0. The van der Waals surface area contributed by atoms with Crippen molar-refractivity contribution in [2.45, 2.75) is 25.7 Å². The third-order valence-corrected chi connectivity index (χ3v) is 6.69. The summed E-state index contributed by atoms with van der Waals surface area (Å²) in [4.78, 5) is 0.156. The summed E-state index contributed by atoms with van der Waals surface area (Å²) in [5.41, 5.74) is 2.16. The van der Waals surface area contributed by atoms with E-state index in [1.54, 1.807) is 26.8 Å². The molecule has 0 atom stereocenters. The number of nitrogens with zero attached hydrogens (tertiary/aromatic N) is 2. The number of hydrogen-bond acceptors (Lipinski definition) is 4. The summed E-state index contributed by atoms with van der Waals surface area (Å²) in [6, 6.07) is 1.69. The molecule has 21 heavy (non-hydrogen) atoms. The fourth-order valence-electron chi connectivity index (χ4n) is 2.39. The molecule has 0 fully saturated rings. The van der Waals surface area contributed by atoms with Crippen LogP contribution in [0.15, 0.2) is 11.0 Å². The minimum Gasteiger partial charge on any atom is -0.273 e. The third kappa shape index (κ3) is 3.22. The monoisotopic (exact) mass is 334 g/mol. The van der Waals surface area contributed by atoms with Crippen molar-refractivity contribution in [2.24, 2.45) is 0 Å². The first kappa shape index (κ1) is 17.9. The molecule has 0 saturated carbocycles. The Labute approximate surface area is 127 Å². The normalized spacial score (nSPS) is 12.8. The van der Waals surface area contributed by atoms with Gasteiger partial charge in [0.15, 0.2) is 0 Å². The topological polar surface area (TPSA) is 74.8 Å². The van der Waals surface area contributed by atoms with E-state index in [2.05, 4.69) is 0 Å². The molecule has 0 unspecified atom stereocenters. The maximum absolute atomic E-state index is 12.5. The lowest BCUT2D eigenvalue weighted by Gasteiger charge is -2.25. The SMILES string of the molecule is Cc1cc(C)c(S(=O)(=O)N(C)C)c(C)c1N(C)S(C)(=O)=O. The van der Waals surface area contributed by atoms with Crippen LogP contribution in [0.2, 0.25) is 0 Å². The summed E-state index contributed by atoms with van der Waals surface area (Å²) in [7, 11) is -2.79. The Morgan fingerprint density at radius 1 is 0.905 bits per heavy atom. The van der Waals surface area contributed by atoms with Gasteiger partial charge in [0.2, 0.25) is 20.0 Å². The van der Waals surface area contributed by atoms with E-state index >= 15 is 0 Å². The van der Waals surface area contributed by atoms with E-state index in [1.165, 1.54) is 21.1 Å². The van der Waals surface area contributed by atoms with E-state index in [9.17, 15) is 16.8 Å². The molecule has 1 aromatic rings. The predicted molar refractivity (Wildman–Crippen MR) is 84.8 cm³/mol. The maximum Gasteiger partial charge on any atom is 0.243 e. The summed E-state index contributed by atoms with van der Waals surface area (Å²) in [6.45, 7) is 5.11. The van der Waals surface area contributed by atoms with Crippen LogP contribution in [0, 0.1) is 20.8 Å². The van der Waals surface area contributed by atoms with Gasteiger partial charge in [0.1, 0.15) is 0 Å². The molecule has 0 aliphatic heterocycles. The zero-order chi connectivity index (χ0) is 16.7. The first-order valence-electron chi connectivity index (χ1n) is 6.29. The van der Waals surface area contributed by atoms with E-state index in [4.69, 9.17) is 0 Å².